The van der Waals surface area contributed by atoms with E-state index in [0.717, 1.165) is 37.2 Å². The van der Waals surface area contributed by atoms with Crippen molar-refractivity contribution >= 4 is 29.3 Å². The summed E-state index contributed by atoms with van der Waals surface area (Å²) in [5.74, 6) is -0.626. The van der Waals surface area contributed by atoms with Gasteiger partial charge in [-0.2, -0.15) is 0 Å². The normalized spacial score (nSPS) is 15.6. The van der Waals surface area contributed by atoms with Crippen molar-refractivity contribution in [2.24, 2.45) is 5.92 Å². The van der Waals surface area contributed by atoms with E-state index in [1.165, 1.54) is 11.8 Å². The summed E-state index contributed by atoms with van der Waals surface area (Å²) in [6, 6.07) is 2.95. The zero-order chi connectivity index (χ0) is 21.0. The van der Waals surface area contributed by atoms with Crippen molar-refractivity contribution in [1.82, 2.24) is 14.8 Å². The van der Waals surface area contributed by atoms with Gasteiger partial charge in [0, 0.05) is 25.7 Å². The first-order valence-electron chi connectivity index (χ1n) is 9.53. The van der Waals surface area contributed by atoms with Crippen LogP contribution in [0.5, 0.6) is 0 Å². The van der Waals surface area contributed by atoms with Crippen LogP contribution in [0.1, 0.15) is 20.8 Å². The quantitative estimate of drug-likeness (QED) is 0.687. The Morgan fingerprint density at radius 1 is 1.24 bits per heavy atom. The van der Waals surface area contributed by atoms with Gasteiger partial charge in [-0.1, -0.05) is 25.6 Å². The maximum Gasteiger partial charge on any atom is 0.237 e. The number of nitrogens with one attached hydrogen (secondary N) is 1. The number of hydrogen-bond acceptors (Lipinski definition) is 6. The van der Waals surface area contributed by atoms with Gasteiger partial charge in [0.1, 0.15) is 11.6 Å². The Morgan fingerprint density at radius 3 is 2.66 bits per heavy atom. The molecule has 1 aromatic heterocycles. The van der Waals surface area contributed by atoms with Crippen LogP contribution < -0.4 is 10.2 Å². The Bertz CT molecular complexity index is 855. The minimum Gasteiger partial charge on any atom is -0.378 e. The molecule has 0 aliphatic carbocycles. The Hall–Kier alpha value is -2.20. The van der Waals surface area contributed by atoms with Gasteiger partial charge in [-0.05, 0) is 25.0 Å². The second-order valence-corrected chi connectivity index (χ2v) is 8.57. The fraction of sp³-hybridized carbons (Fsp3) is 0.526. The number of morpholine rings is 1. The largest absolute Gasteiger partial charge is 0.378 e. The van der Waals surface area contributed by atoms with Gasteiger partial charge in [-0.25, -0.2) is 8.78 Å². The van der Waals surface area contributed by atoms with Crippen molar-refractivity contribution in [3.63, 3.8) is 0 Å². The molecule has 1 atom stereocenters. The van der Waals surface area contributed by atoms with Crippen LogP contribution in [0.3, 0.4) is 0 Å². The molecule has 0 radical (unpaired) electrons. The smallest absolute Gasteiger partial charge is 0.237 e. The molecular weight excluding hydrogens is 400 g/mol. The summed E-state index contributed by atoms with van der Waals surface area (Å²) in [4.78, 5) is 14.6. The standard InChI is InChI=1S/C19H25F2N5O2S/c1-12(2)11-26-18(25-6-8-28-9-7-25)23-24-19(26)29-13(3)17(27)22-16-10-14(20)4-5-15(16)21/h4-5,10,12-13H,6-9,11H2,1-3H3,(H,22,27). The molecule has 2 aromatic rings. The molecule has 1 unspecified atom stereocenters. The van der Waals surface area contributed by atoms with Crippen LogP contribution in [0.4, 0.5) is 20.4 Å². The second-order valence-electron chi connectivity index (χ2n) is 7.26. The molecule has 3 rings (SSSR count). The molecule has 1 N–H and O–H groups in total. The number of rotatable bonds is 7. The third kappa shape index (κ3) is 5.45. The number of nitrogens with zero attached hydrogens (tertiary/aromatic N) is 4. The first-order chi connectivity index (χ1) is 13.8. The average molecular weight is 426 g/mol. The fourth-order valence-electron chi connectivity index (χ4n) is 2.93. The first-order valence-corrected chi connectivity index (χ1v) is 10.4. The number of ether oxygens (including phenoxy) is 1. The Kier molecular flexibility index (Phi) is 7.07. The maximum atomic E-state index is 13.8. The Labute approximate surface area is 172 Å². The molecule has 2 heterocycles. The highest BCUT2D eigenvalue weighted by Gasteiger charge is 2.24. The van der Waals surface area contributed by atoms with Gasteiger partial charge >= 0.3 is 0 Å². The van der Waals surface area contributed by atoms with Gasteiger partial charge in [0.15, 0.2) is 5.16 Å². The highest BCUT2D eigenvalue weighted by atomic mass is 32.2. The second kappa shape index (κ2) is 9.53. The molecule has 1 fully saturated rings. The summed E-state index contributed by atoms with van der Waals surface area (Å²) in [6.45, 7) is 9.32. The molecule has 7 nitrogen and oxygen atoms in total. The van der Waals surface area contributed by atoms with E-state index in [0.29, 0.717) is 30.8 Å². The van der Waals surface area contributed by atoms with E-state index in [9.17, 15) is 13.6 Å². The third-order valence-electron chi connectivity index (χ3n) is 4.38. The summed E-state index contributed by atoms with van der Waals surface area (Å²) < 4.78 is 34.6. The molecular formula is C19H25F2N5O2S. The molecule has 10 heteroatoms. The van der Waals surface area contributed by atoms with Crippen LogP contribution in [0.15, 0.2) is 23.4 Å². The highest BCUT2D eigenvalue weighted by Crippen LogP contribution is 2.28. The van der Waals surface area contributed by atoms with Crippen molar-refractivity contribution in [3.8, 4) is 0 Å². The summed E-state index contributed by atoms with van der Waals surface area (Å²) in [7, 11) is 0. The molecule has 1 aliphatic rings. The molecule has 0 saturated carbocycles. The van der Waals surface area contributed by atoms with Crippen molar-refractivity contribution in [3.05, 3.63) is 29.8 Å². The lowest BCUT2D eigenvalue weighted by atomic mass is 10.2. The summed E-state index contributed by atoms with van der Waals surface area (Å²) in [5, 5.41) is 11.1. The monoisotopic (exact) mass is 425 g/mol. The zero-order valence-electron chi connectivity index (χ0n) is 16.7. The third-order valence-corrected chi connectivity index (χ3v) is 5.46. The van der Waals surface area contributed by atoms with Gasteiger partial charge in [-0.15, -0.1) is 10.2 Å². The SMILES string of the molecule is CC(C)Cn1c(SC(C)C(=O)Nc2cc(F)ccc2F)nnc1N1CCOCC1. The lowest BCUT2D eigenvalue weighted by Crippen LogP contribution is -2.38. The molecule has 0 spiro atoms. The zero-order valence-corrected chi connectivity index (χ0v) is 17.5. The van der Waals surface area contributed by atoms with E-state index >= 15 is 0 Å². The first kappa shape index (κ1) is 21.5. The Balaban J connectivity index is 1.74. The predicted octanol–water partition coefficient (Wildman–Crippen LogP) is 3.17. The van der Waals surface area contributed by atoms with Crippen molar-refractivity contribution in [1.29, 1.82) is 0 Å². The highest BCUT2D eigenvalue weighted by molar-refractivity contribution is 8.00. The molecule has 1 aliphatic heterocycles. The minimum atomic E-state index is -0.686. The van der Waals surface area contributed by atoms with E-state index in [1.54, 1.807) is 6.92 Å². The van der Waals surface area contributed by atoms with E-state index < -0.39 is 22.8 Å². The molecule has 0 bridgehead atoms. The number of carbonyl (C=O) groups excluding carboxylic acids is 1. The van der Waals surface area contributed by atoms with Gasteiger partial charge < -0.3 is 15.0 Å². The predicted molar refractivity (Wildman–Crippen MR) is 108 cm³/mol. The van der Waals surface area contributed by atoms with Crippen LogP contribution in [0.25, 0.3) is 0 Å². The molecule has 1 aromatic carbocycles. The van der Waals surface area contributed by atoms with Crippen molar-refractivity contribution in [2.45, 2.75) is 37.7 Å². The number of amides is 1. The van der Waals surface area contributed by atoms with Crippen LogP contribution in [0, 0.1) is 17.6 Å². The molecule has 1 amide bonds. The number of benzene rings is 1. The van der Waals surface area contributed by atoms with Gasteiger partial charge in [0.25, 0.3) is 0 Å². The van der Waals surface area contributed by atoms with Crippen molar-refractivity contribution in [2.75, 3.05) is 36.5 Å². The van der Waals surface area contributed by atoms with Crippen LogP contribution in [-0.2, 0) is 16.1 Å². The summed E-state index contributed by atoms with van der Waals surface area (Å²) >= 11 is 1.24. The number of carbonyl (C=O) groups is 1. The summed E-state index contributed by atoms with van der Waals surface area (Å²) in [5.41, 5.74) is -0.180. The lowest BCUT2D eigenvalue weighted by molar-refractivity contribution is -0.115. The lowest BCUT2D eigenvalue weighted by Gasteiger charge is -2.28. The number of anilines is 2. The van der Waals surface area contributed by atoms with Gasteiger partial charge in [0.05, 0.1) is 24.2 Å². The van der Waals surface area contributed by atoms with Gasteiger partial charge in [-0.3, -0.25) is 9.36 Å². The van der Waals surface area contributed by atoms with Crippen LogP contribution >= 0.6 is 11.8 Å². The van der Waals surface area contributed by atoms with Gasteiger partial charge in [0.2, 0.25) is 11.9 Å². The topological polar surface area (TPSA) is 72.3 Å². The van der Waals surface area contributed by atoms with E-state index in [4.69, 9.17) is 4.74 Å². The maximum absolute atomic E-state index is 13.8. The van der Waals surface area contributed by atoms with Crippen LogP contribution in [-0.4, -0.2) is 52.2 Å². The number of hydrogen-bond donors (Lipinski definition) is 1. The number of halogens is 2. The average Bonchev–Trinajstić information content (AvgIpc) is 3.07. The fourth-order valence-corrected chi connectivity index (χ4v) is 3.78. The summed E-state index contributed by atoms with van der Waals surface area (Å²) in [6.07, 6.45) is 0. The molecule has 1 saturated heterocycles. The van der Waals surface area contributed by atoms with E-state index in [-0.39, 0.29) is 5.69 Å². The molecule has 29 heavy (non-hydrogen) atoms. The minimum absolute atomic E-state index is 0.180. The van der Waals surface area contributed by atoms with E-state index in [1.807, 2.05) is 4.57 Å². The number of aromatic nitrogens is 3. The van der Waals surface area contributed by atoms with Crippen molar-refractivity contribution < 1.29 is 18.3 Å². The van der Waals surface area contributed by atoms with E-state index in [2.05, 4.69) is 34.3 Å². The Morgan fingerprint density at radius 2 is 1.97 bits per heavy atom. The molecule has 158 valence electrons. The number of thioether (sulfide) groups is 1. The van der Waals surface area contributed by atoms with Crippen LogP contribution in [0.2, 0.25) is 0 Å².